The molecule has 1 aromatic carbocycles. The van der Waals surface area contributed by atoms with Gasteiger partial charge in [0.05, 0.1) is 6.54 Å². The summed E-state index contributed by atoms with van der Waals surface area (Å²) in [6.07, 6.45) is -4.74. The predicted molar refractivity (Wildman–Crippen MR) is 79.3 cm³/mol. The Bertz CT molecular complexity index is 970. The topological polar surface area (TPSA) is 84.2 Å². The van der Waals surface area contributed by atoms with Crippen LogP contribution in [0.2, 0.25) is 0 Å². The zero-order chi connectivity index (χ0) is 18.9. The summed E-state index contributed by atoms with van der Waals surface area (Å²) in [6, 6.07) is 5.36. The number of anilines is 2. The lowest BCUT2D eigenvalue weighted by Gasteiger charge is -2.08. The van der Waals surface area contributed by atoms with Gasteiger partial charge in [0.2, 0.25) is 5.91 Å². The van der Waals surface area contributed by atoms with Gasteiger partial charge in [0, 0.05) is 11.8 Å². The summed E-state index contributed by atoms with van der Waals surface area (Å²) in [7, 11) is 0. The molecule has 0 radical (unpaired) electrons. The van der Waals surface area contributed by atoms with Gasteiger partial charge in [-0.2, -0.15) is 17.7 Å². The molecule has 0 atom stereocenters. The third-order valence-corrected chi connectivity index (χ3v) is 3.15. The van der Waals surface area contributed by atoms with E-state index in [1.54, 1.807) is 0 Å². The van der Waals surface area contributed by atoms with E-state index in [1.165, 1.54) is 12.1 Å². The first-order valence-corrected chi connectivity index (χ1v) is 7.02. The highest BCUT2D eigenvalue weighted by atomic mass is 19.4. The Morgan fingerprint density at radius 1 is 1.08 bits per heavy atom. The van der Waals surface area contributed by atoms with E-state index in [0.29, 0.717) is 4.52 Å². The van der Waals surface area contributed by atoms with E-state index in [2.05, 4.69) is 25.9 Å². The van der Waals surface area contributed by atoms with Crippen LogP contribution >= 0.6 is 0 Å². The van der Waals surface area contributed by atoms with Crippen LogP contribution in [0.15, 0.2) is 30.3 Å². The van der Waals surface area contributed by atoms with Gasteiger partial charge in [-0.15, -0.1) is 15.3 Å². The second kappa shape index (κ2) is 6.54. The monoisotopic (exact) mass is 372 g/mol. The van der Waals surface area contributed by atoms with Crippen molar-refractivity contribution in [3.8, 4) is 0 Å². The van der Waals surface area contributed by atoms with Crippen molar-refractivity contribution in [2.75, 3.05) is 17.2 Å². The van der Waals surface area contributed by atoms with Crippen LogP contribution in [-0.2, 0) is 11.0 Å². The standard InChI is InChI=1S/C14H9F5N6O/c15-8-2-1-7(5-9(8)16)21-12(26)6-20-10-3-4-11-22-23-13(14(17,18)19)25(11)24-10/h1-5H,6H2,(H,20,24)(H,21,26). The fourth-order valence-electron chi connectivity index (χ4n) is 2.01. The number of rotatable bonds is 4. The summed E-state index contributed by atoms with van der Waals surface area (Å²) < 4.78 is 64.8. The maximum Gasteiger partial charge on any atom is 0.453 e. The lowest BCUT2D eigenvalue weighted by Crippen LogP contribution is -2.22. The number of benzene rings is 1. The van der Waals surface area contributed by atoms with Crippen molar-refractivity contribution in [1.29, 1.82) is 0 Å². The minimum Gasteiger partial charge on any atom is -0.360 e. The first-order valence-electron chi connectivity index (χ1n) is 7.02. The minimum atomic E-state index is -4.74. The Labute approximate surface area is 141 Å². The molecule has 0 aliphatic rings. The number of amides is 1. The molecule has 0 saturated heterocycles. The van der Waals surface area contributed by atoms with Crippen molar-refractivity contribution in [1.82, 2.24) is 19.8 Å². The number of alkyl halides is 3. The number of nitrogens with zero attached hydrogens (tertiary/aromatic N) is 4. The second-order valence-corrected chi connectivity index (χ2v) is 5.04. The van der Waals surface area contributed by atoms with E-state index in [-0.39, 0.29) is 23.7 Å². The molecule has 3 aromatic rings. The van der Waals surface area contributed by atoms with Gasteiger partial charge in [0.25, 0.3) is 5.82 Å². The summed E-state index contributed by atoms with van der Waals surface area (Å²) >= 11 is 0. The van der Waals surface area contributed by atoms with Crippen molar-refractivity contribution in [3.05, 3.63) is 47.8 Å². The number of carbonyl (C=O) groups is 1. The Morgan fingerprint density at radius 2 is 1.85 bits per heavy atom. The summed E-state index contributed by atoms with van der Waals surface area (Å²) in [5.74, 6) is -4.17. The van der Waals surface area contributed by atoms with E-state index in [4.69, 9.17) is 0 Å². The van der Waals surface area contributed by atoms with E-state index < -0.39 is 29.5 Å². The molecule has 0 bridgehead atoms. The SMILES string of the molecule is O=C(CNc1ccc2nnc(C(F)(F)F)n2n1)Nc1ccc(F)c(F)c1. The molecule has 3 rings (SSSR count). The van der Waals surface area contributed by atoms with E-state index in [1.807, 2.05) is 0 Å². The quantitative estimate of drug-likeness (QED) is 0.688. The highest BCUT2D eigenvalue weighted by Crippen LogP contribution is 2.27. The summed E-state index contributed by atoms with van der Waals surface area (Å²) in [4.78, 5) is 11.8. The highest BCUT2D eigenvalue weighted by molar-refractivity contribution is 5.93. The maximum atomic E-state index is 13.1. The molecule has 1 amide bonds. The van der Waals surface area contributed by atoms with Crippen molar-refractivity contribution >= 4 is 23.1 Å². The molecule has 26 heavy (non-hydrogen) atoms. The zero-order valence-corrected chi connectivity index (χ0v) is 12.7. The Hall–Kier alpha value is -3.31. The average Bonchev–Trinajstić information content (AvgIpc) is 3.00. The molecule has 0 spiro atoms. The van der Waals surface area contributed by atoms with Gasteiger partial charge in [-0.05, 0) is 24.3 Å². The molecule has 12 heteroatoms. The molecule has 0 aliphatic heterocycles. The van der Waals surface area contributed by atoms with Crippen LogP contribution in [-0.4, -0.2) is 32.3 Å². The third-order valence-electron chi connectivity index (χ3n) is 3.15. The van der Waals surface area contributed by atoms with Crippen LogP contribution < -0.4 is 10.6 Å². The van der Waals surface area contributed by atoms with Gasteiger partial charge < -0.3 is 10.6 Å². The van der Waals surface area contributed by atoms with Crippen LogP contribution in [0.25, 0.3) is 5.65 Å². The number of carbonyl (C=O) groups excluding carboxylic acids is 1. The van der Waals surface area contributed by atoms with Crippen molar-refractivity contribution in [2.24, 2.45) is 0 Å². The number of fused-ring (bicyclic) bond motifs is 1. The largest absolute Gasteiger partial charge is 0.453 e. The predicted octanol–water partition coefficient (Wildman–Crippen LogP) is 2.47. The van der Waals surface area contributed by atoms with Gasteiger partial charge in [0.15, 0.2) is 17.3 Å². The number of halogens is 5. The lowest BCUT2D eigenvalue weighted by molar-refractivity contribution is -0.146. The van der Waals surface area contributed by atoms with Gasteiger partial charge in [-0.25, -0.2) is 8.78 Å². The van der Waals surface area contributed by atoms with Gasteiger partial charge >= 0.3 is 6.18 Å². The molecular weight excluding hydrogens is 363 g/mol. The first-order chi connectivity index (χ1) is 12.2. The molecule has 2 aromatic heterocycles. The van der Waals surface area contributed by atoms with Crippen LogP contribution in [0.4, 0.5) is 33.5 Å². The summed E-state index contributed by atoms with van der Waals surface area (Å²) in [5, 5.41) is 14.9. The van der Waals surface area contributed by atoms with E-state index in [0.717, 1.165) is 18.2 Å². The van der Waals surface area contributed by atoms with Crippen LogP contribution in [0.5, 0.6) is 0 Å². The average molecular weight is 372 g/mol. The van der Waals surface area contributed by atoms with Crippen molar-refractivity contribution < 1.29 is 26.7 Å². The molecule has 0 saturated carbocycles. The molecule has 136 valence electrons. The van der Waals surface area contributed by atoms with Crippen LogP contribution in [0.1, 0.15) is 5.82 Å². The fourth-order valence-corrected chi connectivity index (χ4v) is 2.01. The summed E-state index contributed by atoms with van der Waals surface area (Å²) in [5.41, 5.74) is -0.0913. The maximum absolute atomic E-state index is 13.1. The third kappa shape index (κ3) is 3.68. The zero-order valence-electron chi connectivity index (χ0n) is 12.7. The van der Waals surface area contributed by atoms with Gasteiger partial charge in [0.1, 0.15) is 5.82 Å². The molecule has 7 nitrogen and oxygen atoms in total. The second-order valence-electron chi connectivity index (χ2n) is 5.04. The molecule has 0 fully saturated rings. The lowest BCUT2D eigenvalue weighted by atomic mass is 10.3. The molecular formula is C14H9F5N6O. The number of aromatic nitrogens is 4. The number of hydrogen-bond donors (Lipinski definition) is 2. The van der Waals surface area contributed by atoms with Gasteiger partial charge in [-0.1, -0.05) is 0 Å². The van der Waals surface area contributed by atoms with Crippen LogP contribution in [0.3, 0.4) is 0 Å². The number of hydrogen-bond acceptors (Lipinski definition) is 5. The smallest absolute Gasteiger partial charge is 0.360 e. The highest BCUT2D eigenvalue weighted by Gasteiger charge is 2.37. The van der Waals surface area contributed by atoms with Gasteiger partial charge in [-0.3, -0.25) is 4.79 Å². The Balaban J connectivity index is 1.69. The molecule has 0 unspecified atom stereocenters. The van der Waals surface area contributed by atoms with E-state index >= 15 is 0 Å². The molecule has 2 heterocycles. The molecule has 2 N–H and O–H groups in total. The van der Waals surface area contributed by atoms with Crippen LogP contribution in [0, 0.1) is 11.6 Å². The summed E-state index contributed by atoms with van der Waals surface area (Å²) in [6.45, 7) is -0.374. The van der Waals surface area contributed by atoms with Crippen molar-refractivity contribution in [2.45, 2.75) is 6.18 Å². The Kier molecular flexibility index (Phi) is 4.40. The normalized spacial score (nSPS) is 11.6. The minimum absolute atomic E-state index is 0.0253. The van der Waals surface area contributed by atoms with Crippen molar-refractivity contribution in [3.63, 3.8) is 0 Å². The first kappa shape index (κ1) is 17.5. The number of nitrogens with one attached hydrogen (secondary N) is 2. The molecule has 0 aliphatic carbocycles. The Morgan fingerprint density at radius 3 is 2.54 bits per heavy atom. The van der Waals surface area contributed by atoms with E-state index in [9.17, 15) is 26.7 Å². The fraction of sp³-hybridized carbons (Fsp3) is 0.143.